The molecule has 0 fully saturated rings. The summed E-state index contributed by atoms with van der Waals surface area (Å²) >= 11 is 0. The summed E-state index contributed by atoms with van der Waals surface area (Å²) in [6, 6.07) is 18.9. The molecule has 2 aromatic carbocycles. The van der Waals surface area contributed by atoms with Crippen molar-refractivity contribution >= 4 is 13.9 Å². The SMILES string of the molecule is C[Si](C)(C)CCCc1ccccc1C(=O)c1ccccc1. The number of carbonyl (C=O) groups is 1. The Kier molecular flexibility index (Phi) is 5.13. The van der Waals surface area contributed by atoms with Crippen LogP contribution in [-0.2, 0) is 6.42 Å². The van der Waals surface area contributed by atoms with Crippen LogP contribution in [-0.4, -0.2) is 13.9 Å². The van der Waals surface area contributed by atoms with Crippen LogP contribution < -0.4 is 0 Å². The largest absolute Gasteiger partial charge is 0.289 e. The number of rotatable bonds is 6. The van der Waals surface area contributed by atoms with Gasteiger partial charge in [-0.05, 0) is 12.0 Å². The molecule has 0 aliphatic rings. The summed E-state index contributed by atoms with van der Waals surface area (Å²) < 4.78 is 0. The van der Waals surface area contributed by atoms with Crippen LogP contribution >= 0.6 is 0 Å². The first kappa shape index (κ1) is 15.7. The molecule has 2 aromatic rings. The fraction of sp³-hybridized carbons (Fsp3) is 0.316. The van der Waals surface area contributed by atoms with E-state index < -0.39 is 8.07 Å². The van der Waals surface area contributed by atoms with E-state index >= 15 is 0 Å². The predicted molar refractivity (Wildman–Crippen MR) is 92.8 cm³/mol. The minimum absolute atomic E-state index is 0.138. The van der Waals surface area contributed by atoms with Crippen LogP contribution in [0.25, 0.3) is 0 Å². The molecule has 0 atom stereocenters. The van der Waals surface area contributed by atoms with Gasteiger partial charge in [-0.2, -0.15) is 0 Å². The molecular formula is C19H24OSi. The summed E-state index contributed by atoms with van der Waals surface area (Å²) in [6.07, 6.45) is 2.17. The van der Waals surface area contributed by atoms with E-state index in [1.165, 1.54) is 18.0 Å². The Morgan fingerprint density at radius 3 is 2.19 bits per heavy atom. The lowest BCUT2D eigenvalue weighted by Crippen LogP contribution is -2.19. The average molecular weight is 296 g/mol. The topological polar surface area (TPSA) is 17.1 Å². The van der Waals surface area contributed by atoms with Gasteiger partial charge in [0.2, 0.25) is 0 Å². The molecule has 0 amide bonds. The van der Waals surface area contributed by atoms with Gasteiger partial charge in [0.25, 0.3) is 0 Å². The van der Waals surface area contributed by atoms with Gasteiger partial charge < -0.3 is 0 Å². The van der Waals surface area contributed by atoms with Crippen LogP contribution in [0.3, 0.4) is 0 Å². The van der Waals surface area contributed by atoms with Crippen molar-refractivity contribution < 1.29 is 4.79 Å². The van der Waals surface area contributed by atoms with Crippen LogP contribution in [0.4, 0.5) is 0 Å². The molecule has 0 N–H and O–H groups in total. The van der Waals surface area contributed by atoms with Crippen LogP contribution in [0.15, 0.2) is 54.6 Å². The van der Waals surface area contributed by atoms with E-state index in [9.17, 15) is 4.79 Å². The number of benzene rings is 2. The molecule has 0 aromatic heterocycles. The highest BCUT2D eigenvalue weighted by molar-refractivity contribution is 6.76. The molecule has 0 radical (unpaired) electrons. The highest BCUT2D eigenvalue weighted by Crippen LogP contribution is 2.19. The highest BCUT2D eigenvalue weighted by Gasteiger charge is 2.15. The third-order valence-electron chi connectivity index (χ3n) is 3.67. The van der Waals surface area contributed by atoms with E-state index in [4.69, 9.17) is 0 Å². The van der Waals surface area contributed by atoms with Gasteiger partial charge in [-0.1, -0.05) is 86.7 Å². The molecule has 0 aliphatic heterocycles. The Morgan fingerprint density at radius 1 is 0.905 bits per heavy atom. The third-order valence-corrected chi connectivity index (χ3v) is 5.52. The Bertz CT molecular complexity index is 596. The normalized spacial score (nSPS) is 11.4. The molecular weight excluding hydrogens is 272 g/mol. The zero-order valence-corrected chi connectivity index (χ0v) is 14.2. The van der Waals surface area contributed by atoms with Crippen molar-refractivity contribution in [3.8, 4) is 0 Å². The van der Waals surface area contributed by atoms with Crippen molar-refractivity contribution in [3.05, 3.63) is 71.3 Å². The second-order valence-corrected chi connectivity index (χ2v) is 12.4. The van der Waals surface area contributed by atoms with Crippen molar-refractivity contribution in [1.82, 2.24) is 0 Å². The van der Waals surface area contributed by atoms with Gasteiger partial charge in [-0.15, -0.1) is 0 Å². The van der Waals surface area contributed by atoms with Gasteiger partial charge in [0, 0.05) is 19.2 Å². The molecule has 0 saturated heterocycles. The van der Waals surface area contributed by atoms with Crippen molar-refractivity contribution in [2.45, 2.75) is 38.5 Å². The molecule has 1 nitrogen and oxygen atoms in total. The van der Waals surface area contributed by atoms with Crippen molar-refractivity contribution in [2.24, 2.45) is 0 Å². The van der Waals surface area contributed by atoms with E-state index in [2.05, 4.69) is 25.7 Å². The summed E-state index contributed by atoms with van der Waals surface area (Å²) in [4.78, 5) is 12.6. The first-order valence-electron chi connectivity index (χ1n) is 7.65. The Hall–Kier alpha value is -1.67. The molecule has 0 unspecified atom stereocenters. The quantitative estimate of drug-likeness (QED) is 0.529. The van der Waals surface area contributed by atoms with Crippen LogP contribution in [0.5, 0.6) is 0 Å². The maximum atomic E-state index is 12.6. The van der Waals surface area contributed by atoms with Gasteiger partial charge in [0.15, 0.2) is 5.78 Å². The van der Waals surface area contributed by atoms with E-state index in [0.29, 0.717) is 0 Å². The maximum absolute atomic E-state index is 12.6. The van der Waals surface area contributed by atoms with Gasteiger partial charge in [0.05, 0.1) is 0 Å². The number of aryl methyl sites for hydroxylation is 1. The molecule has 0 spiro atoms. The standard InChI is InChI=1S/C19H24OSi/c1-21(2,3)15-9-13-16-10-7-8-14-18(16)19(20)17-11-5-4-6-12-17/h4-8,10-12,14H,9,13,15H2,1-3H3. The molecule has 0 heterocycles. The second-order valence-electron chi connectivity index (χ2n) is 6.77. The fourth-order valence-electron chi connectivity index (χ4n) is 2.51. The highest BCUT2D eigenvalue weighted by atomic mass is 28.3. The number of hydrogen-bond acceptors (Lipinski definition) is 1. The van der Waals surface area contributed by atoms with Gasteiger partial charge in [0.1, 0.15) is 0 Å². The Labute approximate surface area is 129 Å². The van der Waals surface area contributed by atoms with Gasteiger partial charge >= 0.3 is 0 Å². The second kappa shape index (κ2) is 6.86. The molecule has 2 heteroatoms. The van der Waals surface area contributed by atoms with Crippen molar-refractivity contribution in [1.29, 1.82) is 0 Å². The molecule has 2 rings (SSSR count). The lowest BCUT2D eigenvalue weighted by molar-refractivity contribution is 0.103. The van der Waals surface area contributed by atoms with Crippen molar-refractivity contribution in [3.63, 3.8) is 0 Å². The third kappa shape index (κ3) is 4.67. The zero-order chi connectivity index (χ0) is 15.3. The first-order chi connectivity index (χ1) is 9.97. The monoisotopic (exact) mass is 296 g/mol. The Balaban J connectivity index is 2.15. The summed E-state index contributed by atoms with van der Waals surface area (Å²) in [5.41, 5.74) is 2.82. The van der Waals surface area contributed by atoms with Crippen LogP contribution in [0.2, 0.25) is 25.7 Å². The molecule has 0 aliphatic carbocycles. The Morgan fingerprint density at radius 2 is 1.52 bits per heavy atom. The lowest BCUT2D eigenvalue weighted by atomic mass is 9.96. The maximum Gasteiger partial charge on any atom is 0.193 e. The first-order valence-corrected chi connectivity index (χ1v) is 11.4. The van der Waals surface area contributed by atoms with Gasteiger partial charge in [-0.3, -0.25) is 4.79 Å². The van der Waals surface area contributed by atoms with E-state index in [0.717, 1.165) is 17.5 Å². The van der Waals surface area contributed by atoms with Crippen LogP contribution in [0, 0.1) is 0 Å². The average Bonchev–Trinajstić information content (AvgIpc) is 2.47. The summed E-state index contributed by atoms with van der Waals surface area (Å²) in [6.45, 7) is 7.19. The molecule has 110 valence electrons. The summed E-state index contributed by atoms with van der Waals surface area (Å²) in [5, 5.41) is 0. The van der Waals surface area contributed by atoms with E-state index in [1.54, 1.807) is 0 Å². The molecule has 0 saturated carbocycles. The molecule has 21 heavy (non-hydrogen) atoms. The lowest BCUT2D eigenvalue weighted by Gasteiger charge is -2.16. The van der Waals surface area contributed by atoms with Crippen LogP contribution in [0.1, 0.15) is 27.9 Å². The number of hydrogen-bond donors (Lipinski definition) is 0. The number of carbonyl (C=O) groups excluding carboxylic acids is 1. The van der Waals surface area contributed by atoms with E-state index in [-0.39, 0.29) is 5.78 Å². The molecule has 0 bridgehead atoms. The minimum Gasteiger partial charge on any atom is -0.289 e. The van der Waals surface area contributed by atoms with Crippen molar-refractivity contribution in [2.75, 3.05) is 0 Å². The predicted octanol–water partition coefficient (Wildman–Crippen LogP) is 5.19. The summed E-state index contributed by atoms with van der Waals surface area (Å²) in [5.74, 6) is 0.138. The van der Waals surface area contributed by atoms with E-state index in [1.807, 2.05) is 48.5 Å². The van der Waals surface area contributed by atoms with Gasteiger partial charge in [-0.25, -0.2) is 0 Å². The smallest absolute Gasteiger partial charge is 0.193 e. The fourth-order valence-corrected chi connectivity index (χ4v) is 3.75. The minimum atomic E-state index is -1.00. The number of ketones is 1. The zero-order valence-electron chi connectivity index (χ0n) is 13.2. The summed E-state index contributed by atoms with van der Waals surface area (Å²) in [7, 11) is -1.00.